The van der Waals surface area contributed by atoms with Crippen molar-refractivity contribution >= 4 is 12.0 Å². The lowest BCUT2D eigenvalue weighted by molar-refractivity contribution is -0.137. The Kier molecular flexibility index (Phi) is 4.54. The van der Waals surface area contributed by atoms with Crippen molar-refractivity contribution in [2.75, 3.05) is 19.6 Å². The first-order chi connectivity index (χ1) is 7.95. The van der Waals surface area contributed by atoms with Crippen LogP contribution in [-0.2, 0) is 4.79 Å². The predicted octanol–water partition coefficient (Wildman–Crippen LogP) is 1.55. The quantitative estimate of drug-likeness (QED) is 0.717. The van der Waals surface area contributed by atoms with E-state index in [-0.39, 0.29) is 18.6 Å². The zero-order valence-electron chi connectivity index (χ0n) is 10.5. The molecule has 0 bridgehead atoms. The molecular formula is C12H20N2O3. The van der Waals surface area contributed by atoms with Crippen molar-refractivity contribution in [3.05, 3.63) is 12.2 Å². The summed E-state index contributed by atoms with van der Waals surface area (Å²) in [5, 5.41) is 8.82. The lowest BCUT2D eigenvalue weighted by atomic mass is 10.3. The molecule has 0 heterocycles. The van der Waals surface area contributed by atoms with Gasteiger partial charge in [0.1, 0.15) is 6.54 Å². The minimum atomic E-state index is -0.961. The number of urea groups is 1. The summed E-state index contributed by atoms with van der Waals surface area (Å²) in [7, 11) is 0. The number of rotatable bonds is 6. The van der Waals surface area contributed by atoms with Gasteiger partial charge in [0.25, 0.3) is 0 Å². The van der Waals surface area contributed by atoms with Crippen LogP contribution in [0.2, 0.25) is 0 Å². The fourth-order valence-corrected chi connectivity index (χ4v) is 1.71. The molecule has 2 amide bonds. The van der Waals surface area contributed by atoms with E-state index in [1.54, 1.807) is 4.90 Å². The number of carboxylic acid groups (broad SMARTS) is 1. The molecule has 0 aromatic rings. The van der Waals surface area contributed by atoms with Crippen molar-refractivity contribution in [2.24, 2.45) is 0 Å². The molecule has 5 heteroatoms. The molecule has 0 saturated heterocycles. The zero-order chi connectivity index (χ0) is 13.0. The maximum absolute atomic E-state index is 12.2. The molecule has 0 unspecified atom stereocenters. The Hall–Kier alpha value is -1.52. The van der Waals surface area contributed by atoms with Gasteiger partial charge in [-0.1, -0.05) is 12.2 Å². The third-order valence-corrected chi connectivity index (χ3v) is 2.65. The smallest absolute Gasteiger partial charge is 0.323 e. The first kappa shape index (κ1) is 13.5. The van der Waals surface area contributed by atoms with E-state index in [0.717, 1.165) is 18.4 Å². The van der Waals surface area contributed by atoms with E-state index >= 15 is 0 Å². The molecule has 0 spiro atoms. The Morgan fingerprint density at radius 1 is 1.35 bits per heavy atom. The number of hydrogen-bond donors (Lipinski definition) is 1. The molecule has 1 aliphatic carbocycles. The van der Waals surface area contributed by atoms with Gasteiger partial charge in [-0.15, -0.1) is 0 Å². The fourth-order valence-electron chi connectivity index (χ4n) is 1.71. The Morgan fingerprint density at radius 3 is 2.29 bits per heavy atom. The van der Waals surface area contributed by atoms with Crippen LogP contribution in [0, 0.1) is 0 Å². The Balaban J connectivity index is 2.67. The summed E-state index contributed by atoms with van der Waals surface area (Å²) in [6.07, 6.45) is 1.81. The number of carbonyl (C=O) groups excluding carboxylic acids is 1. The number of likely N-dealkylation sites (N-methyl/N-ethyl adjacent to an activating group) is 1. The molecule has 1 saturated carbocycles. The zero-order valence-corrected chi connectivity index (χ0v) is 10.5. The van der Waals surface area contributed by atoms with Crippen LogP contribution in [0.3, 0.4) is 0 Å². The number of carbonyl (C=O) groups is 2. The summed E-state index contributed by atoms with van der Waals surface area (Å²) >= 11 is 0. The first-order valence-corrected chi connectivity index (χ1v) is 5.87. The standard InChI is InChI=1S/C12H20N2O3/c1-4-13(7-9(2)3)12(17)14(8-11(15)16)10-5-6-10/h10H,2,4-8H2,1,3H3,(H,15,16). The van der Waals surface area contributed by atoms with Crippen molar-refractivity contribution < 1.29 is 14.7 Å². The highest BCUT2D eigenvalue weighted by atomic mass is 16.4. The maximum Gasteiger partial charge on any atom is 0.323 e. The summed E-state index contributed by atoms with van der Waals surface area (Å²) in [4.78, 5) is 26.0. The van der Waals surface area contributed by atoms with Crippen molar-refractivity contribution in [1.82, 2.24) is 9.80 Å². The van der Waals surface area contributed by atoms with Gasteiger partial charge in [-0.3, -0.25) is 4.79 Å². The van der Waals surface area contributed by atoms with Crippen molar-refractivity contribution in [3.63, 3.8) is 0 Å². The van der Waals surface area contributed by atoms with Crippen molar-refractivity contribution in [2.45, 2.75) is 32.7 Å². The lowest BCUT2D eigenvalue weighted by Gasteiger charge is -2.29. The molecule has 0 radical (unpaired) electrons. The van der Waals surface area contributed by atoms with Crippen LogP contribution < -0.4 is 0 Å². The van der Waals surface area contributed by atoms with E-state index in [4.69, 9.17) is 5.11 Å². The molecule has 0 atom stereocenters. The van der Waals surface area contributed by atoms with E-state index < -0.39 is 5.97 Å². The number of carboxylic acids is 1. The van der Waals surface area contributed by atoms with Crippen molar-refractivity contribution in [3.8, 4) is 0 Å². The second-order valence-corrected chi connectivity index (χ2v) is 4.51. The average molecular weight is 240 g/mol. The van der Waals surface area contributed by atoms with E-state index in [9.17, 15) is 9.59 Å². The molecule has 0 aromatic heterocycles. The van der Waals surface area contributed by atoms with Crippen LogP contribution in [0.25, 0.3) is 0 Å². The van der Waals surface area contributed by atoms with Crippen LogP contribution in [0.5, 0.6) is 0 Å². The third-order valence-electron chi connectivity index (χ3n) is 2.65. The van der Waals surface area contributed by atoms with Crippen molar-refractivity contribution in [1.29, 1.82) is 0 Å². The normalized spacial score (nSPS) is 14.2. The van der Waals surface area contributed by atoms with Gasteiger partial charge in [-0.2, -0.15) is 0 Å². The minimum absolute atomic E-state index is 0.109. The van der Waals surface area contributed by atoms with Crippen LogP contribution in [0.15, 0.2) is 12.2 Å². The highest BCUT2D eigenvalue weighted by Gasteiger charge is 2.35. The Morgan fingerprint density at radius 2 is 1.94 bits per heavy atom. The van der Waals surface area contributed by atoms with Gasteiger partial charge in [0.2, 0.25) is 0 Å². The van der Waals surface area contributed by atoms with E-state index in [0.29, 0.717) is 13.1 Å². The maximum atomic E-state index is 12.2. The number of hydrogen-bond acceptors (Lipinski definition) is 2. The number of nitrogens with zero attached hydrogens (tertiary/aromatic N) is 2. The molecule has 96 valence electrons. The second-order valence-electron chi connectivity index (χ2n) is 4.51. The number of aliphatic carboxylic acids is 1. The van der Waals surface area contributed by atoms with Crippen LogP contribution in [0.1, 0.15) is 26.7 Å². The van der Waals surface area contributed by atoms with Gasteiger partial charge < -0.3 is 14.9 Å². The molecule has 1 N–H and O–H groups in total. The summed E-state index contributed by atoms with van der Waals surface area (Å²) in [5.74, 6) is -0.961. The topological polar surface area (TPSA) is 60.9 Å². The van der Waals surface area contributed by atoms with Gasteiger partial charge in [0.15, 0.2) is 0 Å². The molecule has 0 aromatic carbocycles. The SMILES string of the molecule is C=C(C)CN(CC)C(=O)N(CC(=O)O)C1CC1. The average Bonchev–Trinajstić information content (AvgIpc) is 3.04. The molecule has 0 aliphatic heterocycles. The third kappa shape index (κ3) is 4.09. The Labute approximate surface area is 102 Å². The largest absolute Gasteiger partial charge is 0.480 e. The number of amides is 2. The van der Waals surface area contributed by atoms with Gasteiger partial charge in [0, 0.05) is 19.1 Å². The molecule has 1 fully saturated rings. The summed E-state index contributed by atoms with van der Waals surface area (Å²) < 4.78 is 0. The second kappa shape index (κ2) is 5.70. The molecule has 1 rings (SSSR count). The molecule has 17 heavy (non-hydrogen) atoms. The lowest BCUT2D eigenvalue weighted by Crippen LogP contribution is -2.46. The predicted molar refractivity (Wildman–Crippen MR) is 64.8 cm³/mol. The first-order valence-electron chi connectivity index (χ1n) is 5.87. The van der Waals surface area contributed by atoms with Gasteiger partial charge in [-0.05, 0) is 26.7 Å². The fraction of sp³-hybridized carbons (Fsp3) is 0.667. The van der Waals surface area contributed by atoms with E-state index in [1.165, 1.54) is 4.90 Å². The highest BCUT2D eigenvalue weighted by molar-refractivity contribution is 5.81. The Bertz CT molecular complexity index is 324. The minimum Gasteiger partial charge on any atom is -0.480 e. The molecule has 1 aliphatic rings. The van der Waals surface area contributed by atoms with Gasteiger partial charge in [-0.25, -0.2) is 4.79 Å². The van der Waals surface area contributed by atoms with Crippen LogP contribution in [0.4, 0.5) is 4.79 Å². The highest BCUT2D eigenvalue weighted by Crippen LogP contribution is 2.27. The van der Waals surface area contributed by atoms with Gasteiger partial charge >= 0.3 is 12.0 Å². The van der Waals surface area contributed by atoms with E-state index in [2.05, 4.69) is 6.58 Å². The molecular weight excluding hydrogens is 220 g/mol. The summed E-state index contributed by atoms with van der Waals surface area (Å²) in [6.45, 7) is 8.35. The van der Waals surface area contributed by atoms with Gasteiger partial charge in [0.05, 0.1) is 0 Å². The monoisotopic (exact) mass is 240 g/mol. The summed E-state index contributed by atoms with van der Waals surface area (Å²) in [6, 6.07) is -0.0850. The molecule has 5 nitrogen and oxygen atoms in total. The van der Waals surface area contributed by atoms with Crippen LogP contribution in [-0.4, -0.2) is 52.6 Å². The summed E-state index contributed by atoms with van der Waals surface area (Å²) in [5.41, 5.74) is 0.895. The van der Waals surface area contributed by atoms with Crippen LogP contribution >= 0.6 is 0 Å². The van der Waals surface area contributed by atoms with E-state index in [1.807, 2.05) is 13.8 Å².